The molecule has 0 aliphatic carbocycles. The van der Waals surface area contributed by atoms with Crippen LogP contribution in [0.5, 0.6) is 0 Å². The first-order valence-electron chi connectivity index (χ1n) is 4.60. The van der Waals surface area contributed by atoms with Gasteiger partial charge in [0.2, 0.25) is 10.0 Å². The molecule has 1 aromatic rings. The molecule has 0 amide bonds. The Morgan fingerprint density at radius 2 is 2.25 bits per heavy atom. The number of likely N-dealkylation sites (N-methyl/N-ethyl adjacent to an activating group) is 1. The van der Waals surface area contributed by atoms with Gasteiger partial charge in [0, 0.05) is 11.9 Å². The molecule has 7 heteroatoms. The van der Waals surface area contributed by atoms with Crippen LogP contribution in [-0.4, -0.2) is 43.1 Å². The molecule has 1 N–H and O–H groups in total. The second-order valence-electron chi connectivity index (χ2n) is 3.30. The molecule has 0 spiro atoms. The van der Waals surface area contributed by atoms with E-state index < -0.39 is 22.5 Å². The highest BCUT2D eigenvalue weighted by atomic mass is 32.2. The van der Waals surface area contributed by atoms with Crippen molar-refractivity contribution in [1.29, 1.82) is 0 Å². The van der Waals surface area contributed by atoms with Crippen LogP contribution in [0, 0.1) is 0 Å². The number of sulfonamides is 1. The Morgan fingerprint density at radius 3 is 2.75 bits per heavy atom. The summed E-state index contributed by atoms with van der Waals surface area (Å²) >= 11 is 1.49. The first kappa shape index (κ1) is 13.1. The van der Waals surface area contributed by atoms with Gasteiger partial charge in [-0.15, -0.1) is 11.3 Å². The summed E-state index contributed by atoms with van der Waals surface area (Å²) < 4.78 is 24.1. The average Bonchev–Trinajstić information content (AvgIpc) is 2.66. The van der Waals surface area contributed by atoms with Gasteiger partial charge in [-0.25, -0.2) is 8.42 Å². The maximum Gasteiger partial charge on any atom is 0.318 e. The zero-order valence-electron chi connectivity index (χ0n) is 8.79. The fourth-order valence-electron chi connectivity index (χ4n) is 1.13. The molecule has 0 fully saturated rings. The third kappa shape index (κ3) is 3.92. The van der Waals surface area contributed by atoms with Crippen molar-refractivity contribution in [3.05, 3.63) is 22.4 Å². The number of aliphatic carboxylic acids is 1. The summed E-state index contributed by atoms with van der Waals surface area (Å²) in [6.07, 6.45) is 0.421. The molecule has 0 aromatic carbocycles. The summed E-state index contributed by atoms with van der Waals surface area (Å²) in [6, 6.07) is 3.71. The van der Waals surface area contributed by atoms with E-state index in [4.69, 9.17) is 5.11 Å². The van der Waals surface area contributed by atoms with Gasteiger partial charge < -0.3 is 5.11 Å². The molecule has 1 heterocycles. The Kier molecular flexibility index (Phi) is 4.45. The molecular formula is C9H13NO4S2. The van der Waals surface area contributed by atoms with E-state index in [1.807, 2.05) is 17.5 Å². The normalized spacial score (nSPS) is 11.9. The van der Waals surface area contributed by atoms with E-state index in [9.17, 15) is 13.2 Å². The summed E-state index contributed by atoms with van der Waals surface area (Å²) in [5.41, 5.74) is 0. The van der Waals surface area contributed by atoms with E-state index in [1.54, 1.807) is 0 Å². The molecule has 0 aliphatic heterocycles. The lowest BCUT2D eigenvalue weighted by Gasteiger charge is -2.14. The SMILES string of the molecule is CN(CC(=O)O)S(=O)(=O)CCc1cccs1. The fraction of sp³-hybridized carbons (Fsp3) is 0.444. The van der Waals surface area contributed by atoms with Crippen molar-refractivity contribution in [2.75, 3.05) is 19.3 Å². The van der Waals surface area contributed by atoms with Crippen molar-refractivity contribution in [1.82, 2.24) is 4.31 Å². The Morgan fingerprint density at radius 1 is 1.56 bits per heavy atom. The second-order valence-corrected chi connectivity index (χ2v) is 6.52. The highest BCUT2D eigenvalue weighted by Crippen LogP contribution is 2.11. The Balaban J connectivity index is 2.54. The van der Waals surface area contributed by atoms with Crippen molar-refractivity contribution in [3.63, 3.8) is 0 Å². The van der Waals surface area contributed by atoms with E-state index in [0.717, 1.165) is 9.18 Å². The summed E-state index contributed by atoms with van der Waals surface area (Å²) in [4.78, 5) is 11.4. The molecule has 1 rings (SSSR count). The van der Waals surface area contributed by atoms with Gasteiger partial charge in [-0.05, 0) is 17.9 Å². The predicted octanol–water partition coefficient (Wildman–Crippen LogP) is 0.637. The quantitative estimate of drug-likeness (QED) is 0.817. The highest BCUT2D eigenvalue weighted by Gasteiger charge is 2.19. The Bertz CT molecular complexity index is 438. The van der Waals surface area contributed by atoms with Crippen LogP contribution in [0.3, 0.4) is 0 Å². The van der Waals surface area contributed by atoms with Crippen LogP contribution in [-0.2, 0) is 21.2 Å². The number of hydrogen-bond acceptors (Lipinski definition) is 4. The van der Waals surface area contributed by atoms with Crippen LogP contribution >= 0.6 is 11.3 Å². The molecule has 1 aromatic heterocycles. The number of hydrogen-bond donors (Lipinski definition) is 1. The first-order chi connectivity index (χ1) is 7.42. The molecule has 0 saturated heterocycles. The summed E-state index contributed by atoms with van der Waals surface area (Å²) in [5, 5.41) is 10.4. The number of rotatable bonds is 6. The van der Waals surface area contributed by atoms with Crippen LogP contribution in [0.15, 0.2) is 17.5 Å². The van der Waals surface area contributed by atoms with E-state index in [-0.39, 0.29) is 5.75 Å². The smallest absolute Gasteiger partial charge is 0.318 e. The van der Waals surface area contributed by atoms with Crippen molar-refractivity contribution in [2.24, 2.45) is 0 Å². The standard InChI is InChI=1S/C9H13NO4S2/c1-10(7-9(11)12)16(13,14)6-4-8-3-2-5-15-8/h2-3,5H,4,6-7H2,1H3,(H,11,12). The number of carboxylic acid groups (broad SMARTS) is 1. The topological polar surface area (TPSA) is 74.7 Å². The molecule has 0 saturated carbocycles. The molecule has 0 unspecified atom stereocenters. The van der Waals surface area contributed by atoms with Crippen LogP contribution in [0.1, 0.15) is 4.88 Å². The predicted molar refractivity (Wildman–Crippen MR) is 62.1 cm³/mol. The maximum atomic E-state index is 11.6. The van der Waals surface area contributed by atoms with E-state index in [1.165, 1.54) is 18.4 Å². The van der Waals surface area contributed by atoms with Gasteiger partial charge in [0.15, 0.2) is 0 Å². The highest BCUT2D eigenvalue weighted by molar-refractivity contribution is 7.89. The van der Waals surface area contributed by atoms with Gasteiger partial charge >= 0.3 is 5.97 Å². The van der Waals surface area contributed by atoms with Crippen LogP contribution in [0.2, 0.25) is 0 Å². The molecule has 90 valence electrons. The van der Waals surface area contributed by atoms with Crippen molar-refractivity contribution in [3.8, 4) is 0 Å². The molecule has 0 aliphatic rings. The molecule has 0 bridgehead atoms. The molecule has 0 atom stereocenters. The lowest BCUT2D eigenvalue weighted by molar-refractivity contribution is -0.137. The molecule has 0 radical (unpaired) electrons. The number of nitrogens with zero attached hydrogens (tertiary/aromatic N) is 1. The van der Waals surface area contributed by atoms with Crippen molar-refractivity contribution in [2.45, 2.75) is 6.42 Å². The Hall–Kier alpha value is -0.920. The lowest BCUT2D eigenvalue weighted by Crippen LogP contribution is -2.34. The minimum absolute atomic E-state index is 0.0582. The summed E-state index contributed by atoms with van der Waals surface area (Å²) in [7, 11) is -2.20. The molecule has 5 nitrogen and oxygen atoms in total. The largest absolute Gasteiger partial charge is 0.480 e. The van der Waals surface area contributed by atoms with Crippen LogP contribution in [0.4, 0.5) is 0 Å². The number of thiophene rings is 1. The van der Waals surface area contributed by atoms with Crippen molar-refractivity contribution >= 4 is 27.3 Å². The van der Waals surface area contributed by atoms with Gasteiger partial charge in [0.05, 0.1) is 5.75 Å². The third-order valence-electron chi connectivity index (χ3n) is 2.02. The minimum Gasteiger partial charge on any atom is -0.480 e. The number of aryl methyl sites for hydroxylation is 1. The second kappa shape index (κ2) is 5.42. The van der Waals surface area contributed by atoms with Gasteiger partial charge in [-0.3, -0.25) is 4.79 Å². The van der Waals surface area contributed by atoms with Crippen LogP contribution < -0.4 is 0 Å². The monoisotopic (exact) mass is 263 g/mol. The minimum atomic E-state index is -3.47. The van der Waals surface area contributed by atoms with E-state index in [2.05, 4.69) is 0 Å². The summed E-state index contributed by atoms with van der Waals surface area (Å²) in [6.45, 7) is -0.493. The molecular weight excluding hydrogens is 250 g/mol. The van der Waals surface area contributed by atoms with E-state index in [0.29, 0.717) is 6.42 Å². The maximum absolute atomic E-state index is 11.6. The molecule has 16 heavy (non-hydrogen) atoms. The van der Waals surface area contributed by atoms with Crippen molar-refractivity contribution < 1.29 is 18.3 Å². The van der Waals surface area contributed by atoms with Gasteiger partial charge in [0.25, 0.3) is 0 Å². The number of carbonyl (C=O) groups is 1. The zero-order chi connectivity index (χ0) is 12.2. The first-order valence-corrected chi connectivity index (χ1v) is 7.09. The number of carboxylic acids is 1. The van der Waals surface area contributed by atoms with E-state index >= 15 is 0 Å². The van der Waals surface area contributed by atoms with Gasteiger partial charge in [0.1, 0.15) is 6.54 Å². The third-order valence-corrected chi connectivity index (χ3v) is 4.75. The lowest BCUT2D eigenvalue weighted by atomic mass is 10.4. The fourth-order valence-corrected chi connectivity index (χ4v) is 3.06. The summed E-state index contributed by atoms with van der Waals surface area (Å²) in [5.74, 6) is -1.21. The Labute approximate surface area is 98.4 Å². The zero-order valence-corrected chi connectivity index (χ0v) is 10.4. The van der Waals surface area contributed by atoms with Gasteiger partial charge in [-0.1, -0.05) is 6.07 Å². The van der Waals surface area contributed by atoms with Crippen LogP contribution in [0.25, 0.3) is 0 Å². The van der Waals surface area contributed by atoms with Gasteiger partial charge in [-0.2, -0.15) is 4.31 Å². The average molecular weight is 263 g/mol.